The highest BCUT2D eigenvalue weighted by molar-refractivity contribution is 7.91. The fourth-order valence-electron chi connectivity index (χ4n) is 5.66. The molecule has 3 aliphatic rings. The Balaban J connectivity index is 1.44. The van der Waals surface area contributed by atoms with Crippen molar-refractivity contribution in [1.82, 2.24) is 14.9 Å². The van der Waals surface area contributed by atoms with Crippen molar-refractivity contribution in [3.63, 3.8) is 0 Å². The monoisotopic (exact) mass is 557 g/mol. The van der Waals surface area contributed by atoms with Gasteiger partial charge in [-0.05, 0) is 37.1 Å². The van der Waals surface area contributed by atoms with Gasteiger partial charge >= 0.3 is 0 Å². The van der Waals surface area contributed by atoms with Crippen LogP contribution >= 0.6 is 0 Å². The van der Waals surface area contributed by atoms with Gasteiger partial charge in [0, 0.05) is 55.6 Å². The van der Waals surface area contributed by atoms with Gasteiger partial charge in [0.05, 0.1) is 48.0 Å². The largest absolute Gasteiger partial charge is 0.378 e. The summed E-state index contributed by atoms with van der Waals surface area (Å²) in [5.41, 5.74) is 2.74. The Labute approximate surface area is 225 Å². The summed E-state index contributed by atoms with van der Waals surface area (Å²) >= 11 is 0. The van der Waals surface area contributed by atoms with Crippen molar-refractivity contribution < 1.29 is 26.7 Å². The Bertz CT molecular complexity index is 1500. The third-order valence-electron chi connectivity index (χ3n) is 7.67. The fraction of sp³-hybridized carbons (Fsp3) is 0.444. The van der Waals surface area contributed by atoms with E-state index in [9.17, 15) is 22.0 Å². The lowest BCUT2D eigenvalue weighted by Crippen LogP contribution is -2.43. The number of halogens is 2. The third kappa shape index (κ3) is 5.27. The molecule has 1 unspecified atom stereocenters. The van der Waals surface area contributed by atoms with Crippen LogP contribution in [-0.2, 0) is 14.6 Å². The zero-order valence-electron chi connectivity index (χ0n) is 21.4. The molecular formula is C27H29F2N5O4S. The second-order valence-electron chi connectivity index (χ2n) is 10.2. The minimum Gasteiger partial charge on any atom is -0.378 e. The number of amides is 1. The maximum absolute atomic E-state index is 14.2. The summed E-state index contributed by atoms with van der Waals surface area (Å²) in [6.07, 6.45) is 3.19. The molecule has 4 heterocycles. The number of hydrogen-bond donors (Lipinski definition) is 0. The number of sulfone groups is 1. The molecule has 0 radical (unpaired) electrons. The second-order valence-corrected chi connectivity index (χ2v) is 12.5. The van der Waals surface area contributed by atoms with Gasteiger partial charge in [-0.15, -0.1) is 0 Å². The maximum Gasteiger partial charge on any atom is 0.254 e. The van der Waals surface area contributed by atoms with Crippen LogP contribution < -0.4 is 9.80 Å². The van der Waals surface area contributed by atoms with E-state index in [-0.39, 0.29) is 36.5 Å². The first-order valence-corrected chi connectivity index (χ1v) is 15.0. The van der Waals surface area contributed by atoms with Gasteiger partial charge in [0.25, 0.3) is 5.91 Å². The predicted molar refractivity (Wildman–Crippen MR) is 143 cm³/mol. The van der Waals surface area contributed by atoms with Crippen molar-refractivity contribution in [1.29, 1.82) is 0 Å². The van der Waals surface area contributed by atoms with E-state index >= 15 is 0 Å². The van der Waals surface area contributed by atoms with E-state index in [1.807, 2.05) is 4.90 Å². The summed E-state index contributed by atoms with van der Waals surface area (Å²) in [5.74, 6) is -1.01. The van der Waals surface area contributed by atoms with Gasteiger partial charge in [0.15, 0.2) is 9.84 Å². The number of fused-ring (bicyclic) bond motifs is 1. The fourth-order valence-corrected chi connectivity index (χ4v) is 6.86. The number of hydrogen-bond acceptors (Lipinski definition) is 8. The molecule has 1 aromatic heterocycles. The highest BCUT2D eigenvalue weighted by Gasteiger charge is 2.32. The SMILES string of the molecule is O=C(c1cc(C2CCCN2c2cc(F)cc(F)c2)c2nc(N3CCOCC3)cnc2c1)N1CCS(=O)(=O)CC1. The maximum atomic E-state index is 14.2. The van der Waals surface area contributed by atoms with Gasteiger partial charge < -0.3 is 19.4 Å². The summed E-state index contributed by atoms with van der Waals surface area (Å²) in [6, 6.07) is 6.70. The Morgan fingerprint density at radius 2 is 1.67 bits per heavy atom. The van der Waals surface area contributed by atoms with Crippen molar-refractivity contribution in [2.24, 2.45) is 0 Å². The van der Waals surface area contributed by atoms with Gasteiger partial charge in [-0.1, -0.05) is 0 Å². The number of carbonyl (C=O) groups excluding carboxylic acids is 1. The Kier molecular flexibility index (Phi) is 6.84. The Hall–Kier alpha value is -3.38. The quantitative estimate of drug-likeness (QED) is 0.483. The molecule has 1 atom stereocenters. The molecule has 9 nitrogen and oxygen atoms in total. The molecule has 2 aromatic carbocycles. The Morgan fingerprint density at radius 3 is 2.38 bits per heavy atom. The van der Waals surface area contributed by atoms with Crippen molar-refractivity contribution in [2.45, 2.75) is 18.9 Å². The first-order chi connectivity index (χ1) is 18.8. The van der Waals surface area contributed by atoms with E-state index in [4.69, 9.17) is 9.72 Å². The van der Waals surface area contributed by atoms with E-state index in [1.54, 1.807) is 23.2 Å². The highest BCUT2D eigenvalue weighted by Crippen LogP contribution is 2.40. The lowest BCUT2D eigenvalue weighted by atomic mass is 9.98. The van der Waals surface area contributed by atoms with Gasteiger partial charge in [-0.3, -0.25) is 9.78 Å². The van der Waals surface area contributed by atoms with Crippen molar-refractivity contribution in [2.75, 3.05) is 67.2 Å². The van der Waals surface area contributed by atoms with Crippen molar-refractivity contribution >= 4 is 38.3 Å². The molecule has 39 heavy (non-hydrogen) atoms. The molecule has 0 saturated carbocycles. The van der Waals surface area contributed by atoms with Crippen molar-refractivity contribution in [3.05, 3.63) is 59.3 Å². The van der Waals surface area contributed by atoms with Crippen LogP contribution in [0.1, 0.15) is 34.8 Å². The summed E-state index contributed by atoms with van der Waals surface area (Å²) in [6.45, 7) is 3.40. The normalized spacial score (nSPS) is 21.5. The smallest absolute Gasteiger partial charge is 0.254 e. The molecule has 6 rings (SSSR count). The minimum atomic E-state index is -3.15. The highest BCUT2D eigenvalue weighted by atomic mass is 32.2. The summed E-state index contributed by atoms with van der Waals surface area (Å²) in [4.78, 5) is 28.8. The van der Waals surface area contributed by atoms with E-state index in [0.717, 1.165) is 18.1 Å². The summed E-state index contributed by atoms with van der Waals surface area (Å²) in [5, 5.41) is 0. The molecule has 3 saturated heterocycles. The van der Waals surface area contributed by atoms with Gasteiger partial charge in [0.2, 0.25) is 0 Å². The number of rotatable bonds is 4. The number of ether oxygens (including phenoxy) is 1. The molecule has 3 aromatic rings. The summed E-state index contributed by atoms with van der Waals surface area (Å²) in [7, 11) is -3.15. The number of morpholine rings is 1. The number of aromatic nitrogens is 2. The van der Waals surface area contributed by atoms with Crippen LogP contribution in [0.15, 0.2) is 36.5 Å². The number of nitrogens with zero attached hydrogens (tertiary/aromatic N) is 5. The lowest BCUT2D eigenvalue weighted by molar-refractivity contribution is 0.0770. The molecule has 0 aliphatic carbocycles. The van der Waals surface area contributed by atoms with Crippen LogP contribution in [0.5, 0.6) is 0 Å². The minimum absolute atomic E-state index is 0.0660. The van der Waals surface area contributed by atoms with Gasteiger partial charge in [-0.25, -0.2) is 22.2 Å². The molecule has 1 amide bonds. The molecule has 3 fully saturated rings. The van der Waals surface area contributed by atoms with Crippen LogP contribution in [-0.4, -0.2) is 86.6 Å². The van der Waals surface area contributed by atoms with E-state index in [2.05, 4.69) is 9.88 Å². The third-order valence-corrected chi connectivity index (χ3v) is 9.28. The van der Waals surface area contributed by atoms with E-state index < -0.39 is 21.5 Å². The first kappa shape index (κ1) is 25.9. The predicted octanol–water partition coefficient (Wildman–Crippen LogP) is 2.96. The zero-order valence-corrected chi connectivity index (χ0v) is 22.2. The average molecular weight is 558 g/mol. The second kappa shape index (κ2) is 10.3. The van der Waals surface area contributed by atoms with E-state index in [1.165, 1.54) is 12.1 Å². The van der Waals surface area contributed by atoms with Crippen LogP contribution in [0.2, 0.25) is 0 Å². The van der Waals surface area contributed by atoms with Crippen LogP contribution in [0.25, 0.3) is 11.0 Å². The number of anilines is 2. The standard InChI is InChI=1S/C27H29F2N5O4S/c28-19-14-20(29)16-21(15-19)34-3-1-2-24(34)22-12-18(27(35)33-6-10-39(36,37)11-7-33)13-23-26(22)31-25(17-30-23)32-4-8-38-9-5-32/h12-17,24H,1-11H2. The van der Waals surface area contributed by atoms with E-state index in [0.29, 0.717) is 67.4 Å². The molecule has 12 heteroatoms. The summed E-state index contributed by atoms with van der Waals surface area (Å²) < 4.78 is 57.6. The molecule has 3 aliphatic heterocycles. The number of benzene rings is 2. The average Bonchev–Trinajstić information content (AvgIpc) is 3.42. The number of carbonyl (C=O) groups is 1. The molecular weight excluding hydrogens is 528 g/mol. The van der Waals surface area contributed by atoms with Gasteiger partial charge in [0.1, 0.15) is 17.5 Å². The van der Waals surface area contributed by atoms with Crippen LogP contribution in [0.4, 0.5) is 20.3 Å². The topological polar surface area (TPSA) is 95.9 Å². The first-order valence-electron chi connectivity index (χ1n) is 13.1. The molecule has 0 bridgehead atoms. The van der Waals surface area contributed by atoms with Gasteiger partial charge in [-0.2, -0.15) is 0 Å². The van der Waals surface area contributed by atoms with Crippen molar-refractivity contribution in [3.8, 4) is 0 Å². The molecule has 206 valence electrons. The van der Waals surface area contributed by atoms with Crippen LogP contribution in [0.3, 0.4) is 0 Å². The zero-order chi connectivity index (χ0) is 27.1. The molecule has 0 N–H and O–H groups in total. The lowest BCUT2D eigenvalue weighted by Gasteiger charge is -2.30. The molecule has 0 spiro atoms. The Morgan fingerprint density at radius 1 is 0.949 bits per heavy atom. The van der Waals surface area contributed by atoms with Crippen LogP contribution in [0, 0.1) is 11.6 Å².